The van der Waals surface area contributed by atoms with Gasteiger partial charge in [-0.1, -0.05) is 31.2 Å². The second-order valence-corrected chi connectivity index (χ2v) is 7.31. The van der Waals surface area contributed by atoms with Crippen LogP contribution in [0, 0.1) is 0 Å². The minimum atomic E-state index is -0.379. The molecule has 1 aromatic carbocycles. The van der Waals surface area contributed by atoms with Gasteiger partial charge in [0.25, 0.3) is 5.91 Å². The SMILES string of the molecule is CC(C)c1nccn1Cc1cccc(NC(=O)c2cn(CC(=O)N(C)C)nn2)c1. The number of hydrogen-bond acceptors (Lipinski definition) is 5. The Morgan fingerprint density at radius 1 is 1.24 bits per heavy atom. The van der Waals surface area contributed by atoms with Crippen LogP contribution in [0.15, 0.2) is 42.9 Å². The smallest absolute Gasteiger partial charge is 0.277 e. The van der Waals surface area contributed by atoms with Crippen molar-refractivity contribution < 1.29 is 9.59 Å². The molecule has 3 aromatic rings. The van der Waals surface area contributed by atoms with Gasteiger partial charge in [-0.05, 0) is 17.7 Å². The predicted octanol–water partition coefficient (Wildman–Crippen LogP) is 1.99. The maximum absolute atomic E-state index is 12.5. The van der Waals surface area contributed by atoms with E-state index >= 15 is 0 Å². The first-order chi connectivity index (χ1) is 13.8. The Balaban J connectivity index is 1.67. The van der Waals surface area contributed by atoms with Crippen molar-refractivity contribution in [2.75, 3.05) is 19.4 Å². The number of nitrogens with zero attached hydrogens (tertiary/aromatic N) is 6. The van der Waals surface area contributed by atoms with Crippen LogP contribution in [-0.2, 0) is 17.9 Å². The van der Waals surface area contributed by atoms with Gasteiger partial charge in [-0.2, -0.15) is 0 Å². The van der Waals surface area contributed by atoms with Crippen molar-refractivity contribution in [2.45, 2.75) is 32.9 Å². The molecule has 2 heterocycles. The van der Waals surface area contributed by atoms with E-state index in [0.717, 1.165) is 11.4 Å². The summed E-state index contributed by atoms with van der Waals surface area (Å²) in [5, 5.41) is 10.5. The molecular weight excluding hydrogens is 370 g/mol. The van der Waals surface area contributed by atoms with Crippen LogP contribution in [0.1, 0.15) is 41.6 Å². The van der Waals surface area contributed by atoms with Crippen LogP contribution in [0.25, 0.3) is 0 Å². The highest BCUT2D eigenvalue weighted by Crippen LogP contribution is 2.17. The largest absolute Gasteiger partial charge is 0.347 e. The van der Waals surface area contributed by atoms with Crippen molar-refractivity contribution in [2.24, 2.45) is 0 Å². The highest BCUT2D eigenvalue weighted by Gasteiger charge is 2.14. The van der Waals surface area contributed by atoms with Crippen LogP contribution in [0.5, 0.6) is 0 Å². The molecule has 0 saturated carbocycles. The first kappa shape index (κ1) is 20.2. The highest BCUT2D eigenvalue weighted by molar-refractivity contribution is 6.02. The summed E-state index contributed by atoms with van der Waals surface area (Å²) < 4.78 is 3.44. The minimum absolute atomic E-state index is 0.0336. The summed E-state index contributed by atoms with van der Waals surface area (Å²) in [6.45, 7) is 4.91. The zero-order valence-corrected chi connectivity index (χ0v) is 17.0. The first-order valence-electron chi connectivity index (χ1n) is 9.35. The fourth-order valence-electron chi connectivity index (χ4n) is 2.85. The number of amides is 2. The standard InChI is InChI=1S/C20H25N7O2/c1-14(2)19-21-8-9-26(19)11-15-6-5-7-16(10-15)22-20(29)17-12-27(24-23-17)13-18(28)25(3)4/h5-10,12,14H,11,13H2,1-4H3,(H,22,29). The lowest BCUT2D eigenvalue weighted by molar-refractivity contribution is -0.129. The first-order valence-corrected chi connectivity index (χ1v) is 9.35. The molecule has 0 radical (unpaired) electrons. The number of imidazole rings is 1. The van der Waals surface area contributed by atoms with Gasteiger partial charge in [0.1, 0.15) is 12.4 Å². The molecule has 2 aromatic heterocycles. The van der Waals surface area contributed by atoms with E-state index < -0.39 is 0 Å². The fraction of sp³-hybridized carbons (Fsp3) is 0.350. The van der Waals surface area contributed by atoms with Gasteiger partial charge < -0.3 is 14.8 Å². The van der Waals surface area contributed by atoms with Crippen molar-refractivity contribution in [3.8, 4) is 0 Å². The number of likely N-dealkylation sites (N-methyl/N-ethyl adjacent to an activating group) is 1. The number of aromatic nitrogens is 5. The summed E-state index contributed by atoms with van der Waals surface area (Å²) in [5.41, 5.74) is 1.86. The second-order valence-electron chi connectivity index (χ2n) is 7.31. The van der Waals surface area contributed by atoms with Crippen LogP contribution in [0.4, 0.5) is 5.69 Å². The maximum atomic E-state index is 12.5. The molecule has 0 unspecified atom stereocenters. The summed E-state index contributed by atoms with van der Waals surface area (Å²) in [6, 6.07) is 7.63. The lowest BCUT2D eigenvalue weighted by Gasteiger charge is -2.11. The topological polar surface area (TPSA) is 97.9 Å². The van der Waals surface area contributed by atoms with Crippen LogP contribution in [-0.4, -0.2) is 55.4 Å². The monoisotopic (exact) mass is 395 g/mol. The summed E-state index contributed by atoms with van der Waals surface area (Å²) in [5.74, 6) is 0.837. The van der Waals surface area contributed by atoms with Crippen LogP contribution in [0.3, 0.4) is 0 Å². The Bertz CT molecular complexity index is 1000. The van der Waals surface area contributed by atoms with E-state index in [9.17, 15) is 9.59 Å². The van der Waals surface area contributed by atoms with Gasteiger partial charge >= 0.3 is 0 Å². The third-order valence-corrected chi connectivity index (χ3v) is 4.37. The lowest BCUT2D eigenvalue weighted by atomic mass is 10.1. The van der Waals surface area contributed by atoms with Crippen molar-refractivity contribution in [1.82, 2.24) is 29.4 Å². The Morgan fingerprint density at radius 3 is 2.76 bits per heavy atom. The Kier molecular flexibility index (Phi) is 6.06. The second kappa shape index (κ2) is 8.68. The third kappa shape index (κ3) is 5.07. The molecule has 0 spiro atoms. The van der Waals surface area contributed by atoms with Gasteiger partial charge in [0.05, 0.1) is 6.20 Å². The van der Waals surface area contributed by atoms with Gasteiger partial charge in [0.2, 0.25) is 5.91 Å². The van der Waals surface area contributed by atoms with E-state index in [1.165, 1.54) is 15.8 Å². The number of hydrogen-bond donors (Lipinski definition) is 1. The minimum Gasteiger partial charge on any atom is -0.347 e. The molecule has 0 aliphatic rings. The van der Waals surface area contributed by atoms with E-state index in [4.69, 9.17) is 0 Å². The number of nitrogens with one attached hydrogen (secondary N) is 1. The molecule has 152 valence electrons. The molecule has 9 heteroatoms. The average Bonchev–Trinajstić information content (AvgIpc) is 3.31. The quantitative estimate of drug-likeness (QED) is 0.660. The molecular formula is C20H25N7O2. The number of benzene rings is 1. The fourth-order valence-corrected chi connectivity index (χ4v) is 2.85. The van der Waals surface area contributed by atoms with E-state index in [0.29, 0.717) is 18.2 Å². The molecule has 3 rings (SSSR count). The Morgan fingerprint density at radius 2 is 2.03 bits per heavy atom. The van der Waals surface area contributed by atoms with E-state index in [1.54, 1.807) is 20.3 Å². The van der Waals surface area contributed by atoms with Crippen LogP contribution < -0.4 is 5.32 Å². The molecule has 0 bridgehead atoms. The van der Waals surface area contributed by atoms with Gasteiger partial charge in [-0.15, -0.1) is 5.10 Å². The molecule has 29 heavy (non-hydrogen) atoms. The summed E-state index contributed by atoms with van der Waals surface area (Å²) >= 11 is 0. The number of rotatable bonds is 7. The summed E-state index contributed by atoms with van der Waals surface area (Å²) in [7, 11) is 3.32. The Hall–Kier alpha value is -3.49. The summed E-state index contributed by atoms with van der Waals surface area (Å²) in [4.78, 5) is 30.1. The predicted molar refractivity (Wildman–Crippen MR) is 109 cm³/mol. The molecule has 0 aliphatic heterocycles. The van der Waals surface area contributed by atoms with E-state index in [1.807, 2.05) is 30.5 Å². The molecule has 0 atom stereocenters. The molecule has 1 N–H and O–H groups in total. The maximum Gasteiger partial charge on any atom is 0.277 e. The molecule has 0 aliphatic carbocycles. The van der Waals surface area contributed by atoms with Crippen LogP contribution >= 0.6 is 0 Å². The van der Waals surface area contributed by atoms with Gasteiger partial charge in [0.15, 0.2) is 5.69 Å². The average molecular weight is 395 g/mol. The van der Waals surface area contributed by atoms with Crippen LogP contribution in [0.2, 0.25) is 0 Å². The van der Waals surface area contributed by atoms with Gasteiger partial charge in [0, 0.05) is 44.6 Å². The molecule has 0 fully saturated rings. The van der Waals surface area contributed by atoms with E-state index in [2.05, 4.69) is 39.0 Å². The zero-order valence-electron chi connectivity index (χ0n) is 17.0. The third-order valence-electron chi connectivity index (χ3n) is 4.37. The molecule has 9 nitrogen and oxygen atoms in total. The summed E-state index contributed by atoms with van der Waals surface area (Å²) in [6.07, 6.45) is 5.21. The molecule has 0 saturated heterocycles. The van der Waals surface area contributed by atoms with Gasteiger partial charge in [-0.25, -0.2) is 9.67 Å². The highest BCUT2D eigenvalue weighted by atomic mass is 16.2. The van der Waals surface area contributed by atoms with E-state index in [-0.39, 0.29) is 24.1 Å². The van der Waals surface area contributed by atoms with Crippen molar-refractivity contribution in [3.63, 3.8) is 0 Å². The number of anilines is 1. The number of carbonyl (C=O) groups excluding carboxylic acids is 2. The zero-order chi connectivity index (χ0) is 21.0. The lowest BCUT2D eigenvalue weighted by Crippen LogP contribution is -2.26. The van der Waals surface area contributed by atoms with Crippen molar-refractivity contribution >= 4 is 17.5 Å². The van der Waals surface area contributed by atoms with Gasteiger partial charge in [-0.3, -0.25) is 9.59 Å². The van der Waals surface area contributed by atoms with Crippen molar-refractivity contribution in [3.05, 3.63) is 59.9 Å². The van der Waals surface area contributed by atoms with Crippen molar-refractivity contribution in [1.29, 1.82) is 0 Å². The Labute approximate surface area is 169 Å². The molecule has 2 amide bonds. The normalized spacial score (nSPS) is 10.9. The number of carbonyl (C=O) groups is 2.